The number of hydrogen-bond acceptors (Lipinski definition) is 3. The van der Waals surface area contributed by atoms with Gasteiger partial charge in [-0.15, -0.1) is 0 Å². The van der Waals surface area contributed by atoms with Crippen molar-refractivity contribution < 1.29 is 0 Å². The summed E-state index contributed by atoms with van der Waals surface area (Å²) in [5, 5.41) is 0. The van der Waals surface area contributed by atoms with Gasteiger partial charge in [-0.3, -0.25) is 9.80 Å². The molecule has 0 aromatic heterocycles. The lowest BCUT2D eigenvalue weighted by molar-refractivity contribution is 0.147. The maximum Gasteiger partial charge on any atom is 0.0237 e. The Morgan fingerprint density at radius 3 is 1.76 bits per heavy atom. The van der Waals surface area contributed by atoms with Crippen LogP contribution in [0.4, 0.5) is 0 Å². The van der Waals surface area contributed by atoms with Gasteiger partial charge in [-0.25, -0.2) is 0 Å². The fraction of sp³-hybridized carbons (Fsp3) is 0.667. The highest BCUT2D eigenvalue weighted by atomic mass is 15.2. The van der Waals surface area contributed by atoms with Crippen molar-refractivity contribution in [3.05, 3.63) is 34.4 Å². The second-order valence-electron chi connectivity index (χ2n) is 6.91. The monoisotopic (exact) mass is 287 g/mol. The molecule has 2 saturated heterocycles. The molecule has 0 atom stereocenters. The normalized spacial score (nSPS) is 21.5. The fourth-order valence-corrected chi connectivity index (χ4v) is 3.32. The molecular formula is C18H29N3. The lowest BCUT2D eigenvalue weighted by Crippen LogP contribution is -2.44. The molecule has 116 valence electrons. The van der Waals surface area contributed by atoms with Gasteiger partial charge in [0.2, 0.25) is 0 Å². The molecule has 2 heterocycles. The van der Waals surface area contributed by atoms with Gasteiger partial charge >= 0.3 is 0 Å². The van der Waals surface area contributed by atoms with E-state index in [9.17, 15) is 0 Å². The third-order valence-corrected chi connectivity index (χ3v) is 5.13. The zero-order chi connectivity index (χ0) is 14.8. The Hall–Kier alpha value is -0.900. The first-order valence-electron chi connectivity index (χ1n) is 8.34. The van der Waals surface area contributed by atoms with E-state index in [4.69, 9.17) is 0 Å². The van der Waals surface area contributed by atoms with Gasteiger partial charge in [-0.1, -0.05) is 12.1 Å². The molecule has 3 nitrogen and oxygen atoms in total. The van der Waals surface area contributed by atoms with Gasteiger partial charge in [0.05, 0.1) is 0 Å². The average molecular weight is 287 g/mol. The van der Waals surface area contributed by atoms with Crippen LogP contribution in [0.5, 0.6) is 0 Å². The zero-order valence-electron chi connectivity index (χ0n) is 13.9. The van der Waals surface area contributed by atoms with Crippen molar-refractivity contribution in [2.45, 2.75) is 33.4 Å². The molecule has 0 spiro atoms. The van der Waals surface area contributed by atoms with Crippen molar-refractivity contribution in [3.63, 3.8) is 0 Å². The van der Waals surface area contributed by atoms with Crippen LogP contribution in [0, 0.1) is 13.8 Å². The van der Waals surface area contributed by atoms with E-state index in [-0.39, 0.29) is 0 Å². The molecule has 0 bridgehead atoms. The molecule has 3 heteroatoms. The molecule has 0 radical (unpaired) electrons. The second kappa shape index (κ2) is 6.47. The number of likely N-dealkylation sites (tertiary alicyclic amines) is 1. The van der Waals surface area contributed by atoms with E-state index in [1.54, 1.807) is 0 Å². The Bertz CT molecular complexity index is 485. The average Bonchev–Trinajstić information content (AvgIpc) is 2.41. The van der Waals surface area contributed by atoms with Crippen LogP contribution in [0.1, 0.15) is 28.7 Å². The van der Waals surface area contributed by atoms with Gasteiger partial charge in [0.1, 0.15) is 0 Å². The number of benzene rings is 1. The summed E-state index contributed by atoms with van der Waals surface area (Å²) in [4.78, 5) is 7.58. The van der Waals surface area contributed by atoms with Crippen molar-refractivity contribution in [2.24, 2.45) is 0 Å². The zero-order valence-corrected chi connectivity index (χ0v) is 13.9. The fourth-order valence-electron chi connectivity index (χ4n) is 3.32. The van der Waals surface area contributed by atoms with E-state index < -0.39 is 0 Å². The highest BCUT2D eigenvalue weighted by Crippen LogP contribution is 2.21. The molecule has 0 amide bonds. The molecule has 0 N–H and O–H groups in total. The van der Waals surface area contributed by atoms with E-state index in [2.05, 4.69) is 47.7 Å². The number of piperazine rings is 1. The summed E-state index contributed by atoms with van der Waals surface area (Å²) in [6.45, 7) is 14.2. The van der Waals surface area contributed by atoms with Crippen LogP contribution in [-0.2, 0) is 13.1 Å². The number of likely N-dealkylation sites (N-methyl/N-ethyl adjacent to an activating group) is 1. The molecule has 3 rings (SSSR count). The first-order chi connectivity index (χ1) is 10.1. The topological polar surface area (TPSA) is 9.72 Å². The van der Waals surface area contributed by atoms with Crippen molar-refractivity contribution in [3.8, 4) is 0 Å². The quantitative estimate of drug-likeness (QED) is 0.841. The number of hydrogen-bond donors (Lipinski definition) is 0. The lowest BCUT2D eigenvalue weighted by atomic mass is 9.98. The molecule has 1 aromatic carbocycles. The van der Waals surface area contributed by atoms with Crippen molar-refractivity contribution >= 4 is 0 Å². The largest absolute Gasteiger partial charge is 0.304 e. The van der Waals surface area contributed by atoms with Crippen LogP contribution in [0.3, 0.4) is 0 Å². The molecule has 2 fully saturated rings. The Morgan fingerprint density at radius 1 is 0.762 bits per heavy atom. The van der Waals surface area contributed by atoms with Gasteiger partial charge in [-0.05, 0) is 62.7 Å². The summed E-state index contributed by atoms with van der Waals surface area (Å²) in [6, 6.07) is 4.86. The number of nitrogens with zero attached hydrogens (tertiary/aromatic N) is 3. The third kappa shape index (κ3) is 3.65. The van der Waals surface area contributed by atoms with E-state index in [0.717, 1.165) is 13.1 Å². The first-order valence-corrected chi connectivity index (χ1v) is 8.34. The molecule has 0 unspecified atom stereocenters. The Kier molecular flexibility index (Phi) is 4.63. The molecule has 0 aliphatic carbocycles. The summed E-state index contributed by atoms with van der Waals surface area (Å²) in [5.74, 6) is 0. The third-order valence-electron chi connectivity index (χ3n) is 5.13. The standard InChI is InChI=1S/C18H29N3/c1-15-11-16(2)18(12-17(15)13-20-5-4-6-20)14-21-9-7-19(3)8-10-21/h11-12H,4-10,13-14H2,1-3H3. The summed E-state index contributed by atoms with van der Waals surface area (Å²) in [7, 11) is 2.22. The summed E-state index contributed by atoms with van der Waals surface area (Å²) in [6.07, 6.45) is 1.37. The number of rotatable bonds is 4. The van der Waals surface area contributed by atoms with E-state index in [1.807, 2.05) is 0 Å². The molecular weight excluding hydrogens is 258 g/mol. The second-order valence-corrected chi connectivity index (χ2v) is 6.91. The molecule has 21 heavy (non-hydrogen) atoms. The minimum atomic E-state index is 1.12. The van der Waals surface area contributed by atoms with Gasteiger partial charge < -0.3 is 4.90 Å². The highest BCUT2D eigenvalue weighted by Gasteiger charge is 2.18. The molecule has 2 aliphatic rings. The molecule has 0 saturated carbocycles. The minimum absolute atomic E-state index is 1.12. The van der Waals surface area contributed by atoms with Crippen LogP contribution in [-0.4, -0.2) is 61.0 Å². The van der Waals surface area contributed by atoms with Crippen LogP contribution in [0.2, 0.25) is 0 Å². The van der Waals surface area contributed by atoms with E-state index in [1.165, 1.54) is 67.9 Å². The Morgan fingerprint density at radius 2 is 1.29 bits per heavy atom. The molecule has 1 aromatic rings. The maximum absolute atomic E-state index is 2.60. The Balaban J connectivity index is 1.69. The lowest BCUT2D eigenvalue weighted by Gasteiger charge is -2.33. The minimum Gasteiger partial charge on any atom is -0.304 e. The smallest absolute Gasteiger partial charge is 0.0237 e. The summed E-state index contributed by atoms with van der Waals surface area (Å²) >= 11 is 0. The van der Waals surface area contributed by atoms with Crippen molar-refractivity contribution in [1.82, 2.24) is 14.7 Å². The first kappa shape index (κ1) is 15.0. The van der Waals surface area contributed by atoms with Crippen molar-refractivity contribution in [2.75, 3.05) is 46.3 Å². The highest BCUT2D eigenvalue weighted by molar-refractivity contribution is 5.37. The van der Waals surface area contributed by atoms with Crippen LogP contribution < -0.4 is 0 Å². The predicted molar refractivity (Wildman–Crippen MR) is 88.6 cm³/mol. The van der Waals surface area contributed by atoms with Crippen molar-refractivity contribution in [1.29, 1.82) is 0 Å². The summed E-state index contributed by atoms with van der Waals surface area (Å²) in [5.41, 5.74) is 5.98. The van der Waals surface area contributed by atoms with Crippen LogP contribution in [0.15, 0.2) is 12.1 Å². The van der Waals surface area contributed by atoms with E-state index in [0.29, 0.717) is 0 Å². The van der Waals surface area contributed by atoms with Gasteiger partial charge in [0, 0.05) is 39.3 Å². The number of aryl methyl sites for hydroxylation is 2. The van der Waals surface area contributed by atoms with E-state index >= 15 is 0 Å². The van der Waals surface area contributed by atoms with Gasteiger partial charge in [0.15, 0.2) is 0 Å². The van der Waals surface area contributed by atoms with Gasteiger partial charge in [0.25, 0.3) is 0 Å². The molecule has 2 aliphatic heterocycles. The SMILES string of the molecule is Cc1cc(C)c(CN2CCN(C)CC2)cc1CN1CCC1. The Labute approximate surface area is 129 Å². The maximum atomic E-state index is 2.60. The van der Waals surface area contributed by atoms with Gasteiger partial charge in [-0.2, -0.15) is 0 Å². The summed E-state index contributed by atoms with van der Waals surface area (Å²) < 4.78 is 0. The van der Waals surface area contributed by atoms with Crippen LogP contribution in [0.25, 0.3) is 0 Å². The van der Waals surface area contributed by atoms with Crippen LogP contribution >= 0.6 is 0 Å². The predicted octanol–water partition coefficient (Wildman–Crippen LogP) is 2.26.